The summed E-state index contributed by atoms with van der Waals surface area (Å²) in [5, 5.41) is 2.37. The maximum absolute atomic E-state index is 4.56. The minimum Gasteiger partial charge on any atom is -0.254 e. The molecule has 16 heavy (non-hydrogen) atoms. The summed E-state index contributed by atoms with van der Waals surface area (Å²) in [6.07, 6.45) is 1.85. The molecule has 0 bridgehead atoms. The summed E-state index contributed by atoms with van der Waals surface area (Å²) in [4.78, 5) is 8.98. The number of aryl methyl sites for hydroxylation is 2. The van der Waals surface area contributed by atoms with E-state index in [0.717, 1.165) is 16.7 Å². The molecule has 0 fully saturated rings. The highest BCUT2D eigenvalue weighted by Gasteiger charge is 2.04. The third-order valence-corrected chi connectivity index (χ3v) is 3.02. The van der Waals surface area contributed by atoms with Crippen LogP contribution in [0.5, 0.6) is 0 Å². The van der Waals surface area contributed by atoms with E-state index in [0.29, 0.717) is 0 Å². The quantitative estimate of drug-likeness (QED) is 0.529. The van der Waals surface area contributed by atoms with Crippen molar-refractivity contribution in [2.75, 3.05) is 0 Å². The minimum absolute atomic E-state index is 0.974. The zero-order valence-electron chi connectivity index (χ0n) is 9.36. The fourth-order valence-corrected chi connectivity index (χ4v) is 1.98. The molecule has 0 saturated carbocycles. The maximum Gasteiger partial charge on any atom is 0.0895 e. The van der Waals surface area contributed by atoms with Crippen LogP contribution >= 0.6 is 0 Å². The van der Waals surface area contributed by atoms with Crippen LogP contribution in [0.25, 0.3) is 21.8 Å². The Hall–Kier alpha value is -1.96. The Labute approximate surface area is 94.0 Å². The van der Waals surface area contributed by atoms with Gasteiger partial charge in [-0.1, -0.05) is 18.2 Å². The zero-order valence-corrected chi connectivity index (χ0v) is 9.36. The molecular formula is C14H12N2. The predicted molar refractivity (Wildman–Crippen MR) is 66.5 cm³/mol. The van der Waals surface area contributed by atoms with Crippen LogP contribution in [-0.2, 0) is 0 Å². The second-order valence-corrected chi connectivity index (χ2v) is 4.10. The van der Waals surface area contributed by atoms with Crippen LogP contribution in [0.2, 0.25) is 0 Å². The van der Waals surface area contributed by atoms with Crippen LogP contribution in [0.3, 0.4) is 0 Å². The second kappa shape index (κ2) is 3.27. The predicted octanol–water partition coefficient (Wildman–Crippen LogP) is 3.40. The van der Waals surface area contributed by atoms with Crippen molar-refractivity contribution in [2.24, 2.45) is 0 Å². The summed E-state index contributed by atoms with van der Waals surface area (Å²) in [5.74, 6) is 0. The van der Waals surface area contributed by atoms with Crippen molar-refractivity contribution >= 4 is 21.8 Å². The molecule has 2 nitrogen and oxygen atoms in total. The first-order valence-electron chi connectivity index (χ1n) is 5.37. The molecule has 0 saturated heterocycles. The summed E-state index contributed by atoms with van der Waals surface area (Å²) in [6, 6.07) is 10.4. The van der Waals surface area contributed by atoms with Gasteiger partial charge < -0.3 is 0 Å². The van der Waals surface area contributed by atoms with E-state index in [1.54, 1.807) is 0 Å². The van der Waals surface area contributed by atoms with Gasteiger partial charge in [-0.2, -0.15) is 0 Å². The molecule has 0 amide bonds. The van der Waals surface area contributed by atoms with Gasteiger partial charge in [0, 0.05) is 16.5 Å². The summed E-state index contributed by atoms with van der Waals surface area (Å²) in [5.41, 5.74) is 4.30. The molecule has 3 rings (SSSR count). The van der Waals surface area contributed by atoms with E-state index in [2.05, 4.69) is 29.0 Å². The first-order valence-corrected chi connectivity index (χ1v) is 5.37. The average molecular weight is 208 g/mol. The van der Waals surface area contributed by atoms with Gasteiger partial charge in [0.05, 0.1) is 17.2 Å². The van der Waals surface area contributed by atoms with E-state index >= 15 is 0 Å². The number of nitrogens with zero attached hydrogens (tertiary/aromatic N) is 2. The van der Waals surface area contributed by atoms with Crippen LogP contribution in [0.4, 0.5) is 0 Å². The van der Waals surface area contributed by atoms with E-state index in [1.807, 2.05) is 31.3 Å². The Balaban J connectivity index is 2.55. The molecule has 0 spiro atoms. The number of benzene rings is 1. The average Bonchev–Trinajstić information content (AvgIpc) is 2.31. The largest absolute Gasteiger partial charge is 0.254 e. The lowest BCUT2D eigenvalue weighted by Gasteiger charge is -2.05. The standard InChI is InChI=1S/C14H12N2/c1-9-7-12-11-5-3-4-6-13(11)15-8-14(12)16-10(9)2/h3-8H,1-2H3. The van der Waals surface area contributed by atoms with E-state index in [4.69, 9.17) is 0 Å². The second-order valence-electron chi connectivity index (χ2n) is 4.10. The number of para-hydroxylation sites is 1. The summed E-state index contributed by atoms with van der Waals surface area (Å²) < 4.78 is 0. The van der Waals surface area contributed by atoms with Crippen LogP contribution in [0.1, 0.15) is 11.3 Å². The van der Waals surface area contributed by atoms with Crippen molar-refractivity contribution in [2.45, 2.75) is 13.8 Å². The maximum atomic E-state index is 4.56. The van der Waals surface area contributed by atoms with E-state index in [9.17, 15) is 0 Å². The molecule has 0 aliphatic rings. The molecule has 0 unspecified atom stereocenters. The van der Waals surface area contributed by atoms with Crippen molar-refractivity contribution in [3.63, 3.8) is 0 Å². The normalized spacial score (nSPS) is 11.1. The smallest absolute Gasteiger partial charge is 0.0895 e. The van der Waals surface area contributed by atoms with Crippen LogP contribution < -0.4 is 0 Å². The number of rotatable bonds is 0. The fraction of sp³-hybridized carbons (Fsp3) is 0.143. The molecule has 3 aromatic rings. The van der Waals surface area contributed by atoms with Crippen molar-refractivity contribution in [3.8, 4) is 0 Å². The first-order chi connectivity index (χ1) is 7.75. The third-order valence-electron chi connectivity index (χ3n) is 3.02. The van der Waals surface area contributed by atoms with Crippen molar-refractivity contribution in [1.29, 1.82) is 0 Å². The topological polar surface area (TPSA) is 25.8 Å². The Morgan fingerprint density at radius 3 is 2.62 bits per heavy atom. The van der Waals surface area contributed by atoms with Gasteiger partial charge in [0.15, 0.2) is 0 Å². The van der Waals surface area contributed by atoms with Crippen molar-refractivity contribution in [3.05, 3.63) is 47.8 Å². The molecular weight excluding hydrogens is 196 g/mol. The molecule has 0 aliphatic carbocycles. The fourth-order valence-electron chi connectivity index (χ4n) is 1.98. The van der Waals surface area contributed by atoms with E-state index in [1.165, 1.54) is 16.3 Å². The number of hydrogen-bond donors (Lipinski definition) is 0. The van der Waals surface area contributed by atoms with Crippen LogP contribution in [-0.4, -0.2) is 9.97 Å². The lowest BCUT2D eigenvalue weighted by Crippen LogP contribution is -1.90. The Morgan fingerprint density at radius 2 is 1.75 bits per heavy atom. The molecule has 2 heteroatoms. The van der Waals surface area contributed by atoms with Gasteiger partial charge in [-0.15, -0.1) is 0 Å². The summed E-state index contributed by atoms with van der Waals surface area (Å²) in [6.45, 7) is 4.13. The zero-order chi connectivity index (χ0) is 11.1. The molecule has 0 atom stereocenters. The van der Waals surface area contributed by atoms with Crippen molar-refractivity contribution < 1.29 is 0 Å². The number of hydrogen-bond acceptors (Lipinski definition) is 2. The van der Waals surface area contributed by atoms with Crippen molar-refractivity contribution in [1.82, 2.24) is 9.97 Å². The van der Waals surface area contributed by atoms with Gasteiger partial charge in [-0.25, -0.2) is 0 Å². The highest BCUT2D eigenvalue weighted by Crippen LogP contribution is 2.23. The van der Waals surface area contributed by atoms with Gasteiger partial charge in [-0.05, 0) is 31.5 Å². The number of aromatic nitrogens is 2. The monoisotopic (exact) mass is 208 g/mol. The highest BCUT2D eigenvalue weighted by molar-refractivity contribution is 6.04. The lowest BCUT2D eigenvalue weighted by atomic mass is 10.1. The van der Waals surface area contributed by atoms with E-state index in [-0.39, 0.29) is 0 Å². The summed E-state index contributed by atoms with van der Waals surface area (Å²) in [7, 11) is 0. The van der Waals surface area contributed by atoms with Gasteiger partial charge in [0.2, 0.25) is 0 Å². The minimum atomic E-state index is 0.974. The van der Waals surface area contributed by atoms with Gasteiger partial charge in [0.1, 0.15) is 0 Å². The highest BCUT2D eigenvalue weighted by atomic mass is 14.7. The molecule has 2 heterocycles. The Morgan fingerprint density at radius 1 is 0.938 bits per heavy atom. The Bertz CT molecular complexity index is 687. The van der Waals surface area contributed by atoms with Gasteiger partial charge >= 0.3 is 0 Å². The Kier molecular flexibility index (Phi) is 1.90. The van der Waals surface area contributed by atoms with Gasteiger partial charge in [-0.3, -0.25) is 9.97 Å². The lowest BCUT2D eigenvalue weighted by molar-refractivity contribution is 1.19. The van der Waals surface area contributed by atoms with Crippen LogP contribution in [0.15, 0.2) is 36.5 Å². The molecule has 1 aromatic carbocycles. The molecule has 78 valence electrons. The molecule has 2 aromatic heterocycles. The first kappa shape index (κ1) is 9.28. The van der Waals surface area contributed by atoms with E-state index < -0.39 is 0 Å². The SMILES string of the molecule is Cc1cc2c(cnc3ccccc32)nc1C. The molecule has 0 N–H and O–H groups in total. The van der Waals surface area contributed by atoms with Crippen LogP contribution in [0, 0.1) is 13.8 Å². The molecule has 0 radical (unpaired) electrons. The third kappa shape index (κ3) is 1.27. The molecule has 0 aliphatic heterocycles. The van der Waals surface area contributed by atoms with Gasteiger partial charge in [0.25, 0.3) is 0 Å². The summed E-state index contributed by atoms with van der Waals surface area (Å²) >= 11 is 0. The number of fused-ring (bicyclic) bond motifs is 3. The number of pyridine rings is 2.